The highest BCUT2D eigenvalue weighted by atomic mass is 19.4. The van der Waals surface area contributed by atoms with Crippen LogP contribution in [-0.2, 0) is 0 Å². The van der Waals surface area contributed by atoms with Crippen LogP contribution in [0, 0.1) is 10.1 Å². The molecule has 0 aromatic heterocycles. The van der Waals surface area contributed by atoms with Gasteiger partial charge in [-0.05, 0) is 12.1 Å². The van der Waals surface area contributed by atoms with E-state index in [4.69, 9.17) is 0 Å². The van der Waals surface area contributed by atoms with E-state index in [2.05, 4.69) is 4.74 Å². The van der Waals surface area contributed by atoms with Gasteiger partial charge in [-0.15, -0.1) is 0 Å². The summed E-state index contributed by atoms with van der Waals surface area (Å²) in [7, 11) is 0. The van der Waals surface area contributed by atoms with E-state index in [-0.39, 0.29) is 0 Å². The molecule has 0 spiro atoms. The minimum atomic E-state index is -8.48. The number of hydrogen-bond donors (Lipinski definition) is 0. The summed E-state index contributed by atoms with van der Waals surface area (Å²) in [6.45, 7) is -3.07. The van der Waals surface area contributed by atoms with Crippen LogP contribution >= 0.6 is 0 Å². The molecular formula is C15H7F16NO3. The molecule has 35 heavy (non-hydrogen) atoms. The summed E-state index contributed by atoms with van der Waals surface area (Å²) in [6.07, 6.45) is -5.91. The summed E-state index contributed by atoms with van der Waals surface area (Å²) < 4.78 is 215. The van der Waals surface area contributed by atoms with Crippen molar-refractivity contribution >= 4 is 5.69 Å². The molecule has 4 nitrogen and oxygen atoms in total. The Balaban J connectivity index is 3.37. The standard InChI is InChI=1S/C15H7F16NO3/c16-8(17)10(20,21)12(24,25)14(28,29)15(30,31)13(26,27)11(22,23)9(18,19)5-35-7-3-1-6(2-4-7)32(33)34/h1-4,8H,5H2. The van der Waals surface area contributed by atoms with Gasteiger partial charge in [-0.3, -0.25) is 10.1 Å². The zero-order chi connectivity index (χ0) is 28.1. The van der Waals surface area contributed by atoms with E-state index in [9.17, 15) is 80.4 Å². The molecule has 0 fully saturated rings. The fourth-order valence-electron chi connectivity index (χ4n) is 2.10. The lowest BCUT2D eigenvalue weighted by atomic mass is 9.89. The maximum absolute atomic E-state index is 13.7. The van der Waals surface area contributed by atoms with Crippen molar-refractivity contribution in [3.8, 4) is 5.75 Å². The molecule has 0 heterocycles. The van der Waals surface area contributed by atoms with Gasteiger partial charge in [0.1, 0.15) is 5.75 Å². The fraction of sp³-hybridized carbons (Fsp3) is 0.600. The SMILES string of the molecule is O=[N+]([O-])c1ccc(OCC(F)(F)C(F)(F)C(F)(F)C(F)(F)C(F)(F)C(F)(F)C(F)(F)C(F)F)cc1. The number of nitrogens with zero attached hydrogens (tertiary/aromatic N) is 1. The Hall–Kier alpha value is -2.70. The molecule has 0 aliphatic rings. The van der Waals surface area contributed by atoms with Crippen LogP contribution in [-0.4, -0.2) is 59.4 Å². The average Bonchev–Trinajstić information content (AvgIpc) is 2.71. The van der Waals surface area contributed by atoms with Crippen LogP contribution in [0.2, 0.25) is 0 Å². The Morgan fingerprint density at radius 3 is 1.43 bits per heavy atom. The molecule has 0 radical (unpaired) electrons. The second-order valence-corrected chi connectivity index (χ2v) is 6.54. The second-order valence-electron chi connectivity index (χ2n) is 6.54. The van der Waals surface area contributed by atoms with E-state index in [1.807, 2.05) is 0 Å². The van der Waals surface area contributed by atoms with Crippen LogP contribution in [0.15, 0.2) is 24.3 Å². The molecule has 1 aromatic carbocycles. The van der Waals surface area contributed by atoms with Crippen molar-refractivity contribution in [1.29, 1.82) is 0 Å². The van der Waals surface area contributed by atoms with Gasteiger partial charge in [-0.25, -0.2) is 8.78 Å². The average molecular weight is 553 g/mol. The van der Waals surface area contributed by atoms with Crippen molar-refractivity contribution < 1.29 is 79.9 Å². The molecule has 0 unspecified atom stereocenters. The first-order chi connectivity index (χ1) is 15.3. The zero-order valence-corrected chi connectivity index (χ0v) is 15.8. The number of hydrogen-bond acceptors (Lipinski definition) is 3. The predicted octanol–water partition coefficient (Wildman–Crippen LogP) is 6.69. The summed E-state index contributed by atoms with van der Waals surface area (Å²) in [4.78, 5) is 9.34. The Morgan fingerprint density at radius 1 is 0.686 bits per heavy atom. The van der Waals surface area contributed by atoms with Gasteiger partial charge < -0.3 is 4.74 Å². The van der Waals surface area contributed by atoms with Gasteiger partial charge in [0.05, 0.1) is 4.92 Å². The number of non-ortho nitro benzene ring substituents is 1. The number of benzene rings is 1. The molecule has 0 atom stereocenters. The Kier molecular flexibility index (Phi) is 7.58. The largest absolute Gasteiger partial charge is 0.487 e. The molecular weight excluding hydrogens is 546 g/mol. The first-order valence-electron chi connectivity index (χ1n) is 8.13. The minimum absolute atomic E-state index is 0.403. The number of halogens is 16. The van der Waals surface area contributed by atoms with Crippen molar-refractivity contribution in [3.63, 3.8) is 0 Å². The highest BCUT2D eigenvalue weighted by Crippen LogP contribution is 2.62. The number of nitro groups is 1. The smallest absolute Gasteiger partial charge is 0.385 e. The summed E-state index contributed by atoms with van der Waals surface area (Å²) >= 11 is 0. The van der Waals surface area contributed by atoms with Gasteiger partial charge in [-0.2, -0.15) is 61.5 Å². The molecule has 0 N–H and O–H groups in total. The first-order valence-corrected chi connectivity index (χ1v) is 8.13. The van der Waals surface area contributed by atoms with Gasteiger partial charge in [0.25, 0.3) is 5.69 Å². The molecule has 0 aliphatic carbocycles. The number of ether oxygens (including phenoxy) is 1. The van der Waals surface area contributed by atoms with E-state index in [0.29, 0.717) is 24.3 Å². The lowest BCUT2D eigenvalue weighted by molar-refractivity contribution is -0.447. The number of rotatable bonds is 11. The highest BCUT2D eigenvalue weighted by Gasteiger charge is 2.93. The van der Waals surface area contributed by atoms with E-state index >= 15 is 0 Å². The van der Waals surface area contributed by atoms with Crippen molar-refractivity contribution in [2.24, 2.45) is 0 Å². The van der Waals surface area contributed by atoms with Gasteiger partial charge >= 0.3 is 47.9 Å². The van der Waals surface area contributed by atoms with E-state index in [1.165, 1.54) is 0 Å². The lowest BCUT2D eigenvalue weighted by Gasteiger charge is -2.42. The maximum Gasteiger partial charge on any atom is 0.385 e. The van der Waals surface area contributed by atoms with Crippen molar-refractivity contribution in [2.45, 2.75) is 47.9 Å². The van der Waals surface area contributed by atoms with Crippen molar-refractivity contribution in [3.05, 3.63) is 34.4 Å². The minimum Gasteiger partial charge on any atom is -0.487 e. The van der Waals surface area contributed by atoms with Crippen LogP contribution in [0.3, 0.4) is 0 Å². The van der Waals surface area contributed by atoms with Crippen molar-refractivity contribution in [2.75, 3.05) is 6.61 Å². The van der Waals surface area contributed by atoms with Crippen LogP contribution in [0.25, 0.3) is 0 Å². The molecule has 1 aromatic rings. The third-order valence-electron chi connectivity index (χ3n) is 4.20. The Morgan fingerprint density at radius 2 is 1.06 bits per heavy atom. The van der Waals surface area contributed by atoms with Gasteiger partial charge in [0.15, 0.2) is 6.61 Å². The van der Waals surface area contributed by atoms with Gasteiger partial charge in [0.2, 0.25) is 0 Å². The van der Waals surface area contributed by atoms with Crippen molar-refractivity contribution in [1.82, 2.24) is 0 Å². The second kappa shape index (κ2) is 8.75. The van der Waals surface area contributed by atoms with E-state index in [0.717, 1.165) is 0 Å². The van der Waals surface area contributed by atoms with Crippen LogP contribution in [0.1, 0.15) is 0 Å². The third-order valence-corrected chi connectivity index (χ3v) is 4.20. The lowest BCUT2D eigenvalue weighted by Crippen LogP contribution is -2.74. The normalized spacial score (nSPS) is 14.9. The zero-order valence-electron chi connectivity index (χ0n) is 15.8. The topological polar surface area (TPSA) is 52.4 Å². The summed E-state index contributed by atoms with van der Waals surface area (Å²) in [5.74, 6) is -56.3. The number of alkyl halides is 16. The van der Waals surface area contributed by atoms with E-state index < -0.39 is 70.9 Å². The Bertz CT molecular complexity index is 915. The third kappa shape index (κ3) is 4.50. The fourth-order valence-corrected chi connectivity index (χ4v) is 2.10. The first kappa shape index (κ1) is 30.3. The summed E-state index contributed by atoms with van der Waals surface area (Å²) in [6, 6.07) is 1.78. The van der Waals surface area contributed by atoms with Gasteiger partial charge in [-0.1, -0.05) is 0 Å². The Labute approximate surface area is 181 Å². The summed E-state index contributed by atoms with van der Waals surface area (Å²) in [5, 5.41) is 10.4. The molecule has 0 saturated carbocycles. The highest BCUT2D eigenvalue weighted by molar-refractivity contribution is 5.36. The molecule has 0 bridgehead atoms. The molecule has 0 saturated heterocycles. The summed E-state index contributed by atoms with van der Waals surface area (Å²) in [5.41, 5.74) is -0.746. The van der Waals surface area contributed by atoms with Crippen LogP contribution in [0.4, 0.5) is 75.9 Å². The molecule has 0 amide bonds. The van der Waals surface area contributed by atoms with Crippen LogP contribution < -0.4 is 4.74 Å². The van der Waals surface area contributed by atoms with Gasteiger partial charge in [0, 0.05) is 12.1 Å². The van der Waals surface area contributed by atoms with Crippen LogP contribution in [0.5, 0.6) is 5.75 Å². The molecule has 0 aliphatic heterocycles. The predicted molar refractivity (Wildman–Crippen MR) is 79.2 cm³/mol. The quantitative estimate of drug-likeness (QED) is 0.175. The van der Waals surface area contributed by atoms with E-state index in [1.54, 1.807) is 0 Å². The molecule has 202 valence electrons. The molecule has 20 heteroatoms. The maximum atomic E-state index is 13.7. The monoisotopic (exact) mass is 553 g/mol. The number of nitro benzene ring substituents is 1. The molecule has 1 rings (SSSR count).